The highest BCUT2D eigenvalue weighted by Crippen LogP contribution is 2.27. The minimum Gasteiger partial charge on any atom is -0.502 e. The lowest BCUT2D eigenvalue weighted by Crippen LogP contribution is -2.02. The van der Waals surface area contributed by atoms with Crippen molar-refractivity contribution in [2.75, 3.05) is 13.7 Å². The number of hydrogen-bond donors (Lipinski definition) is 0. The van der Waals surface area contributed by atoms with Gasteiger partial charge >= 0.3 is 0 Å². The molecule has 19 heavy (non-hydrogen) atoms. The van der Waals surface area contributed by atoms with Gasteiger partial charge in [0.25, 0.3) is 0 Å². The summed E-state index contributed by atoms with van der Waals surface area (Å²) >= 11 is 0. The van der Waals surface area contributed by atoms with E-state index < -0.39 is 0 Å². The maximum absolute atomic E-state index is 5.78. The van der Waals surface area contributed by atoms with Crippen LogP contribution in [0.4, 0.5) is 0 Å². The third-order valence-electron chi connectivity index (χ3n) is 2.64. The molecule has 2 rings (SSSR count). The fourth-order valence-electron chi connectivity index (χ4n) is 1.79. The van der Waals surface area contributed by atoms with Gasteiger partial charge in [0, 0.05) is 18.0 Å². The van der Waals surface area contributed by atoms with Crippen LogP contribution in [-0.4, -0.2) is 23.3 Å². The van der Waals surface area contributed by atoms with Crippen LogP contribution in [0.2, 0.25) is 0 Å². The van der Waals surface area contributed by atoms with Crippen molar-refractivity contribution in [1.29, 1.82) is 0 Å². The Morgan fingerprint density at radius 3 is 2.89 bits per heavy atom. The molecule has 100 valence electrons. The second-order valence-corrected chi connectivity index (χ2v) is 4.05. The van der Waals surface area contributed by atoms with Gasteiger partial charge in [-0.2, -0.15) is 0 Å². The molecule has 2 aromatic rings. The minimum atomic E-state index is 0.696. The number of hydrogen-bond acceptors (Lipinski definition) is 3. The van der Waals surface area contributed by atoms with Crippen molar-refractivity contribution in [3.05, 3.63) is 54.8 Å². The van der Waals surface area contributed by atoms with Crippen LogP contribution in [0.5, 0.6) is 5.75 Å². The summed E-state index contributed by atoms with van der Waals surface area (Å²) in [6, 6.07) is 7.92. The van der Waals surface area contributed by atoms with Crippen LogP contribution in [0.3, 0.4) is 0 Å². The Morgan fingerprint density at radius 2 is 2.21 bits per heavy atom. The van der Waals surface area contributed by atoms with Crippen molar-refractivity contribution < 1.29 is 9.47 Å². The van der Waals surface area contributed by atoms with E-state index in [0.717, 1.165) is 23.4 Å². The minimum absolute atomic E-state index is 0.696. The van der Waals surface area contributed by atoms with Crippen LogP contribution in [-0.2, 0) is 4.74 Å². The van der Waals surface area contributed by atoms with Crippen LogP contribution in [0, 0.1) is 0 Å². The molecule has 0 fully saturated rings. The van der Waals surface area contributed by atoms with Crippen LogP contribution < -0.4 is 4.74 Å². The number of benzene rings is 1. The molecule has 0 spiro atoms. The highest BCUT2D eigenvalue weighted by Gasteiger charge is 2.10. The summed E-state index contributed by atoms with van der Waals surface area (Å²) in [7, 11) is 1.63. The normalized spacial score (nSPS) is 11.4. The van der Waals surface area contributed by atoms with Crippen molar-refractivity contribution in [3.63, 3.8) is 0 Å². The van der Waals surface area contributed by atoms with E-state index >= 15 is 0 Å². The van der Waals surface area contributed by atoms with E-state index in [4.69, 9.17) is 9.47 Å². The third kappa shape index (κ3) is 3.16. The van der Waals surface area contributed by atoms with Gasteiger partial charge in [0.05, 0.1) is 25.7 Å². The maximum Gasteiger partial charge on any atom is 0.128 e. The van der Waals surface area contributed by atoms with Crippen molar-refractivity contribution in [2.45, 2.75) is 13.3 Å². The molecule has 4 heteroatoms. The number of imidazole rings is 1. The summed E-state index contributed by atoms with van der Waals surface area (Å²) in [6.07, 6.45) is 8.01. The number of ether oxygens (including phenoxy) is 2. The van der Waals surface area contributed by atoms with Crippen molar-refractivity contribution in [1.82, 2.24) is 9.55 Å². The smallest absolute Gasteiger partial charge is 0.128 e. The SMILES string of the molecule is CCCOc1ccccc1/C(=C\OC)n1ccnc1. The molecule has 0 radical (unpaired) electrons. The van der Waals surface area contributed by atoms with Gasteiger partial charge in [0.15, 0.2) is 0 Å². The number of aromatic nitrogens is 2. The van der Waals surface area contributed by atoms with Gasteiger partial charge in [-0.05, 0) is 18.6 Å². The van der Waals surface area contributed by atoms with Crippen LogP contribution >= 0.6 is 0 Å². The molecule has 0 saturated carbocycles. The summed E-state index contributed by atoms with van der Waals surface area (Å²) in [5, 5.41) is 0. The predicted octanol–water partition coefficient (Wildman–Crippen LogP) is 3.17. The summed E-state index contributed by atoms with van der Waals surface area (Å²) in [4.78, 5) is 4.07. The van der Waals surface area contributed by atoms with Gasteiger partial charge in [-0.3, -0.25) is 0 Å². The predicted molar refractivity (Wildman–Crippen MR) is 74.8 cm³/mol. The summed E-state index contributed by atoms with van der Waals surface area (Å²) < 4.78 is 12.9. The topological polar surface area (TPSA) is 36.3 Å². The Morgan fingerprint density at radius 1 is 1.37 bits per heavy atom. The zero-order valence-electron chi connectivity index (χ0n) is 11.2. The Balaban J connectivity index is 2.40. The molecule has 0 aliphatic heterocycles. The molecule has 1 aromatic carbocycles. The molecule has 0 N–H and O–H groups in total. The van der Waals surface area contributed by atoms with Crippen LogP contribution in [0.15, 0.2) is 49.2 Å². The Hall–Kier alpha value is -2.23. The first kappa shape index (κ1) is 13.2. The zero-order valence-corrected chi connectivity index (χ0v) is 11.2. The number of rotatable bonds is 6. The Bertz CT molecular complexity index is 533. The lowest BCUT2D eigenvalue weighted by Gasteiger charge is -2.14. The summed E-state index contributed by atoms with van der Waals surface area (Å²) in [5.74, 6) is 0.848. The summed E-state index contributed by atoms with van der Waals surface area (Å²) in [6.45, 7) is 2.78. The molecule has 0 bridgehead atoms. The number of methoxy groups -OCH3 is 1. The van der Waals surface area contributed by atoms with Gasteiger partial charge in [-0.15, -0.1) is 0 Å². The summed E-state index contributed by atoms with van der Waals surface area (Å²) in [5.41, 5.74) is 1.88. The maximum atomic E-state index is 5.78. The molecular weight excluding hydrogens is 240 g/mol. The van der Waals surface area contributed by atoms with Gasteiger partial charge < -0.3 is 14.0 Å². The molecule has 0 atom stereocenters. The highest BCUT2D eigenvalue weighted by molar-refractivity contribution is 5.69. The average molecular weight is 258 g/mol. The average Bonchev–Trinajstić information content (AvgIpc) is 2.97. The lowest BCUT2D eigenvalue weighted by atomic mass is 10.1. The molecule has 1 aromatic heterocycles. The van der Waals surface area contributed by atoms with E-state index in [1.54, 1.807) is 25.9 Å². The second-order valence-electron chi connectivity index (χ2n) is 4.05. The van der Waals surface area contributed by atoms with Gasteiger partial charge in [0.1, 0.15) is 12.0 Å². The molecule has 0 unspecified atom stereocenters. The fraction of sp³-hybridized carbons (Fsp3) is 0.267. The first-order valence-corrected chi connectivity index (χ1v) is 6.30. The van der Waals surface area contributed by atoms with Crippen molar-refractivity contribution in [2.24, 2.45) is 0 Å². The molecular formula is C15H18N2O2. The fourth-order valence-corrected chi connectivity index (χ4v) is 1.79. The molecule has 1 heterocycles. The van der Waals surface area contributed by atoms with Gasteiger partial charge in [0.2, 0.25) is 0 Å². The standard InChI is InChI=1S/C15H18N2O2/c1-3-10-19-15-7-5-4-6-13(15)14(11-18-2)17-9-8-16-12-17/h4-9,11-12H,3,10H2,1-2H3/b14-11+. The van der Waals surface area contributed by atoms with Crippen molar-refractivity contribution in [3.8, 4) is 5.75 Å². The van der Waals surface area contributed by atoms with E-state index in [9.17, 15) is 0 Å². The first-order chi connectivity index (χ1) is 9.36. The van der Waals surface area contributed by atoms with E-state index in [1.165, 1.54) is 0 Å². The highest BCUT2D eigenvalue weighted by atomic mass is 16.5. The lowest BCUT2D eigenvalue weighted by molar-refractivity contribution is 0.315. The molecule has 4 nitrogen and oxygen atoms in total. The molecule has 0 amide bonds. The Labute approximate surface area is 113 Å². The first-order valence-electron chi connectivity index (χ1n) is 6.30. The monoisotopic (exact) mass is 258 g/mol. The van der Waals surface area contributed by atoms with Gasteiger partial charge in [-0.1, -0.05) is 19.1 Å². The van der Waals surface area contributed by atoms with Crippen molar-refractivity contribution >= 4 is 5.70 Å². The largest absolute Gasteiger partial charge is 0.502 e. The van der Waals surface area contributed by atoms with E-state index in [1.807, 2.05) is 35.0 Å². The van der Waals surface area contributed by atoms with Gasteiger partial charge in [-0.25, -0.2) is 4.98 Å². The number of para-hydroxylation sites is 1. The van der Waals surface area contributed by atoms with Crippen LogP contribution in [0.25, 0.3) is 5.70 Å². The second kappa shape index (κ2) is 6.64. The van der Waals surface area contributed by atoms with Crippen LogP contribution in [0.1, 0.15) is 18.9 Å². The molecule has 0 aliphatic rings. The molecule has 0 aliphatic carbocycles. The Kier molecular flexibility index (Phi) is 4.61. The third-order valence-corrected chi connectivity index (χ3v) is 2.64. The number of nitrogens with zero attached hydrogens (tertiary/aromatic N) is 2. The van der Waals surface area contributed by atoms with E-state index in [0.29, 0.717) is 6.61 Å². The van der Waals surface area contributed by atoms with E-state index in [2.05, 4.69) is 11.9 Å². The zero-order chi connectivity index (χ0) is 13.5. The molecule has 0 saturated heterocycles. The van der Waals surface area contributed by atoms with E-state index in [-0.39, 0.29) is 0 Å². The quantitative estimate of drug-likeness (QED) is 0.747.